The second-order valence-corrected chi connectivity index (χ2v) is 3.19. The van der Waals surface area contributed by atoms with E-state index in [1.54, 1.807) is 0 Å². The van der Waals surface area contributed by atoms with Gasteiger partial charge in [0.1, 0.15) is 12.2 Å². The molecule has 0 bridgehead atoms. The van der Waals surface area contributed by atoms with Gasteiger partial charge in [0.15, 0.2) is 6.29 Å². The summed E-state index contributed by atoms with van der Waals surface area (Å²) in [7, 11) is 0. The smallest absolute Gasteiger partial charge is 0.183 e. The molecule has 0 amide bonds. The SMILES string of the molecule is CCCC[C@H]1O[C@H](O)[C@H](O)[C@H]1O. The highest BCUT2D eigenvalue weighted by atomic mass is 16.6. The van der Waals surface area contributed by atoms with Crippen molar-refractivity contribution in [3.63, 3.8) is 0 Å². The van der Waals surface area contributed by atoms with Crippen molar-refractivity contribution in [3.8, 4) is 0 Å². The summed E-state index contributed by atoms with van der Waals surface area (Å²) in [4.78, 5) is 0. The Balaban J connectivity index is 2.36. The molecule has 0 unspecified atom stereocenters. The van der Waals surface area contributed by atoms with Gasteiger partial charge in [0.05, 0.1) is 6.10 Å². The van der Waals surface area contributed by atoms with Gasteiger partial charge in [-0.25, -0.2) is 0 Å². The molecule has 0 aromatic carbocycles. The van der Waals surface area contributed by atoms with Crippen LogP contribution in [0.15, 0.2) is 0 Å². The lowest BCUT2D eigenvalue weighted by atomic mass is 10.1. The Morgan fingerprint density at radius 2 is 1.83 bits per heavy atom. The van der Waals surface area contributed by atoms with Crippen LogP contribution in [0.25, 0.3) is 0 Å². The van der Waals surface area contributed by atoms with E-state index in [0.29, 0.717) is 6.42 Å². The van der Waals surface area contributed by atoms with Crippen LogP contribution in [-0.4, -0.2) is 39.9 Å². The standard InChI is InChI=1S/C8H16O4/c1-2-3-4-5-6(9)7(10)8(11)12-5/h5-11H,2-4H2,1H3/t5-,6+,7-,8+/m1/s1. The summed E-state index contributed by atoms with van der Waals surface area (Å²) in [6.45, 7) is 2.04. The van der Waals surface area contributed by atoms with Crippen molar-refractivity contribution in [2.24, 2.45) is 0 Å². The molecule has 1 heterocycles. The fraction of sp³-hybridized carbons (Fsp3) is 1.00. The molecule has 4 heteroatoms. The Morgan fingerprint density at radius 3 is 2.25 bits per heavy atom. The third-order valence-electron chi connectivity index (χ3n) is 2.18. The highest BCUT2D eigenvalue weighted by Crippen LogP contribution is 2.23. The molecule has 0 spiro atoms. The van der Waals surface area contributed by atoms with Gasteiger partial charge in [-0.3, -0.25) is 0 Å². The summed E-state index contributed by atoms with van der Waals surface area (Å²) in [6, 6.07) is 0. The second kappa shape index (κ2) is 4.18. The van der Waals surface area contributed by atoms with E-state index >= 15 is 0 Å². The van der Waals surface area contributed by atoms with Gasteiger partial charge in [0.2, 0.25) is 0 Å². The van der Waals surface area contributed by atoms with Crippen molar-refractivity contribution < 1.29 is 20.1 Å². The van der Waals surface area contributed by atoms with Gasteiger partial charge in [-0.2, -0.15) is 0 Å². The summed E-state index contributed by atoms with van der Waals surface area (Å²) < 4.78 is 4.94. The molecule has 1 aliphatic rings. The summed E-state index contributed by atoms with van der Waals surface area (Å²) in [5.74, 6) is 0. The Morgan fingerprint density at radius 1 is 1.17 bits per heavy atom. The van der Waals surface area contributed by atoms with E-state index in [9.17, 15) is 5.11 Å². The molecule has 0 saturated carbocycles. The molecule has 0 aliphatic carbocycles. The maximum absolute atomic E-state index is 9.32. The van der Waals surface area contributed by atoms with Crippen molar-refractivity contribution in [2.75, 3.05) is 0 Å². The van der Waals surface area contributed by atoms with Crippen molar-refractivity contribution in [3.05, 3.63) is 0 Å². The van der Waals surface area contributed by atoms with Crippen LogP contribution in [0.1, 0.15) is 26.2 Å². The predicted octanol–water partition coefficient (Wildman–Crippen LogP) is -0.384. The zero-order valence-corrected chi connectivity index (χ0v) is 7.18. The number of unbranched alkanes of at least 4 members (excludes halogenated alkanes) is 1. The molecule has 1 fully saturated rings. The Labute approximate surface area is 71.8 Å². The average Bonchev–Trinajstić information content (AvgIpc) is 2.30. The van der Waals surface area contributed by atoms with E-state index in [1.165, 1.54) is 0 Å². The molecule has 1 rings (SSSR count). The van der Waals surface area contributed by atoms with Gasteiger partial charge < -0.3 is 20.1 Å². The predicted molar refractivity (Wildman–Crippen MR) is 42.4 cm³/mol. The topological polar surface area (TPSA) is 69.9 Å². The first-order valence-corrected chi connectivity index (χ1v) is 4.36. The van der Waals surface area contributed by atoms with E-state index in [0.717, 1.165) is 12.8 Å². The quantitative estimate of drug-likeness (QED) is 0.548. The van der Waals surface area contributed by atoms with Crippen LogP contribution in [0.2, 0.25) is 0 Å². The number of hydrogen-bond donors (Lipinski definition) is 3. The minimum Gasteiger partial charge on any atom is -0.387 e. The van der Waals surface area contributed by atoms with Gasteiger partial charge in [0.25, 0.3) is 0 Å². The zero-order valence-electron chi connectivity index (χ0n) is 7.18. The van der Waals surface area contributed by atoms with E-state index in [4.69, 9.17) is 14.9 Å². The Kier molecular flexibility index (Phi) is 3.46. The molecule has 4 nitrogen and oxygen atoms in total. The van der Waals surface area contributed by atoms with Crippen molar-refractivity contribution in [1.29, 1.82) is 0 Å². The van der Waals surface area contributed by atoms with Crippen molar-refractivity contribution >= 4 is 0 Å². The molecule has 0 aromatic heterocycles. The van der Waals surface area contributed by atoms with Crippen LogP contribution < -0.4 is 0 Å². The van der Waals surface area contributed by atoms with Gasteiger partial charge in [-0.05, 0) is 6.42 Å². The van der Waals surface area contributed by atoms with Crippen LogP contribution in [-0.2, 0) is 4.74 Å². The number of aliphatic hydroxyl groups is 3. The average molecular weight is 176 g/mol. The van der Waals surface area contributed by atoms with Crippen molar-refractivity contribution in [1.82, 2.24) is 0 Å². The minimum atomic E-state index is -1.22. The number of rotatable bonds is 3. The second-order valence-electron chi connectivity index (χ2n) is 3.19. The third kappa shape index (κ3) is 1.95. The van der Waals surface area contributed by atoms with Gasteiger partial charge >= 0.3 is 0 Å². The molecule has 1 aliphatic heterocycles. The van der Waals surface area contributed by atoms with Crippen LogP contribution in [0.5, 0.6) is 0 Å². The highest BCUT2D eigenvalue weighted by Gasteiger charge is 2.40. The maximum Gasteiger partial charge on any atom is 0.183 e. The molecule has 12 heavy (non-hydrogen) atoms. The fourth-order valence-corrected chi connectivity index (χ4v) is 1.37. The molecule has 72 valence electrons. The van der Waals surface area contributed by atoms with Crippen LogP contribution >= 0.6 is 0 Å². The van der Waals surface area contributed by atoms with E-state index < -0.39 is 24.6 Å². The van der Waals surface area contributed by atoms with Crippen LogP contribution in [0.3, 0.4) is 0 Å². The number of ether oxygens (including phenoxy) is 1. The van der Waals surface area contributed by atoms with E-state index in [1.807, 2.05) is 6.92 Å². The Hall–Kier alpha value is -0.160. The van der Waals surface area contributed by atoms with Crippen LogP contribution in [0.4, 0.5) is 0 Å². The first-order valence-electron chi connectivity index (χ1n) is 4.36. The summed E-state index contributed by atoms with van der Waals surface area (Å²) >= 11 is 0. The molecule has 3 N–H and O–H groups in total. The lowest BCUT2D eigenvalue weighted by Gasteiger charge is -2.12. The zero-order chi connectivity index (χ0) is 9.14. The first-order chi connectivity index (χ1) is 5.66. The largest absolute Gasteiger partial charge is 0.387 e. The normalized spacial score (nSPS) is 42.0. The number of aliphatic hydroxyl groups excluding tert-OH is 3. The van der Waals surface area contributed by atoms with Crippen molar-refractivity contribution in [2.45, 2.75) is 50.8 Å². The lowest BCUT2D eigenvalue weighted by molar-refractivity contribution is -0.128. The van der Waals surface area contributed by atoms with Crippen LogP contribution in [0, 0.1) is 0 Å². The monoisotopic (exact) mass is 176 g/mol. The Bertz CT molecular complexity index is 139. The molecular formula is C8H16O4. The highest BCUT2D eigenvalue weighted by molar-refractivity contribution is 4.85. The molecule has 0 radical (unpaired) electrons. The van der Waals surface area contributed by atoms with Gasteiger partial charge in [-0.15, -0.1) is 0 Å². The van der Waals surface area contributed by atoms with E-state index in [2.05, 4.69) is 0 Å². The molecule has 0 aromatic rings. The summed E-state index contributed by atoms with van der Waals surface area (Å²) in [6.07, 6.45) is -1.08. The number of hydrogen-bond acceptors (Lipinski definition) is 4. The van der Waals surface area contributed by atoms with Gasteiger partial charge in [0, 0.05) is 0 Å². The molecule has 4 atom stereocenters. The maximum atomic E-state index is 9.32. The summed E-state index contributed by atoms with van der Waals surface area (Å²) in [5, 5.41) is 27.4. The van der Waals surface area contributed by atoms with Gasteiger partial charge in [-0.1, -0.05) is 19.8 Å². The fourth-order valence-electron chi connectivity index (χ4n) is 1.37. The third-order valence-corrected chi connectivity index (χ3v) is 2.18. The minimum absolute atomic E-state index is 0.407. The summed E-state index contributed by atoms with van der Waals surface area (Å²) in [5.41, 5.74) is 0. The first kappa shape index (κ1) is 9.92. The lowest BCUT2D eigenvalue weighted by Crippen LogP contribution is -2.32. The molecular weight excluding hydrogens is 160 g/mol. The van der Waals surface area contributed by atoms with E-state index in [-0.39, 0.29) is 0 Å². The molecule has 1 saturated heterocycles.